The third kappa shape index (κ3) is 7.74. The number of urea groups is 1. The fraction of sp³-hybridized carbons (Fsp3) is 0.344. The Bertz CT molecular complexity index is 1360. The number of carboxylic acid groups (broad SMARTS) is 1. The molecule has 1 fully saturated rings. The molecule has 1 saturated heterocycles. The Balaban J connectivity index is 1.53. The fourth-order valence-corrected chi connectivity index (χ4v) is 5.80. The van der Waals surface area contributed by atoms with E-state index in [0.29, 0.717) is 35.4 Å². The van der Waals surface area contributed by atoms with Crippen LogP contribution < -0.4 is 14.9 Å². The summed E-state index contributed by atoms with van der Waals surface area (Å²) in [5.74, 6) is -0.365. The molecule has 3 amide bonds. The van der Waals surface area contributed by atoms with E-state index in [4.69, 9.17) is 21.5 Å². The Morgan fingerprint density at radius 3 is 2.24 bits per heavy atom. The molecule has 3 aromatic carbocycles. The number of hydroxylamine groups is 1. The Labute approximate surface area is 251 Å². The number of nitrogens with zero attached hydrogens (tertiary/aromatic N) is 3. The van der Waals surface area contributed by atoms with Gasteiger partial charge < -0.3 is 10.4 Å². The number of carbonyl (C=O) groups is 3. The van der Waals surface area contributed by atoms with Crippen LogP contribution in [0.1, 0.15) is 31.7 Å². The number of anilines is 2. The molecule has 222 valence electrons. The number of piperidine rings is 1. The summed E-state index contributed by atoms with van der Waals surface area (Å²) in [5, 5.41) is 13.4. The minimum atomic E-state index is -0.804. The summed E-state index contributed by atoms with van der Waals surface area (Å²) in [5.41, 5.74) is 2.85. The Morgan fingerprint density at radius 1 is 1.00 bits per heavy atom. The highest BCUT2D eigenvalue weighted by Gasteiger charge is 2.37. The zero-order chi connectivity index (χ0) is 30.1. The molecule has 1 atom stereocenters. The normalized spacial score (nSPS) is 15.5. The van der Waals surface area contributed by atoms with Crippen LogP contribution in [0.4, 0.5) is 21.9 Å². The molecule has 9 nitrogen and oxygen atoms in total. The van der Waals surface area contributed by atoms with Gasteiger partial charge in [-0.05, 0) is 56.1 Å². The molecule has 1 aliphatic rings. The van der Waals surface area contributed by atoms with Crippen molar-refractivity contribution in [2.45, 2.75) is 32.7 Å². The molecule has 0 aliphatic carbocycles. The van der Waals surface area contributed by atoms with Crippen LogP contribution in [0.15, 0.2) is 78.9 Å². The zero-order valence-electron chi connectivity index (χ0n) is 24.0. The topological polar surface area (TPSA) is 99.2 Å². The first kappa shape index (κ1) is 31.2. The highest BCUT2D eigenvalue weighted by molar-refractivity contribution is 6.33. The molecule has 4 rings (SSSR count). The lowest BCUT2D eigenvalue weighted by atomic mass is 9.92. The fourth-order valence-electron chi connectivity index (χ4n) is 5.58. The van der Waals surface area contributed by atoms with E-state index in [1.54, 1.807) is 43.3 Å². The molecular weight excluding hydrogens is 556 g/mol. The molecule has 1 aliphatic heterocycles. The van der Waals surface area contributed by atoms with Crippen LogP contribution in [0, 0.1) is 5.92 Å². The quantitative estimate of drug-likeness (QED) is 0.203. The second-order valence-corrected chi connectivity index (χ2v) is 11.1. The van der Waals surface area contributed by atoms with Crippen molar-refractivity contribution in [3.05, 3.63) is 89.4 Å². The highest BCUT2D eigenvalue weighted by atomic mass is 35.5. The molecule has 0 saturated carbocycles. The van der Waals surface area contributed by atoms with Gasteiger partial charge in [0.2, 0.25) is 0 Å². The minimum Gasteiger partial charge on any atom is -0.480 e. The number of amides is 3. The number of halogens is 1. The van der Waals surface area contributed by atoms with Gasteiger partial charge in [0.15, 0.2) is 0 Å². The summed E-state index contributed by atoms with van der Waals surface area (Å²) >= 11 is 6.26. The van der Waals surface area contributed by atoms with Crippen molar-refractivity contribution in [3.63, 3.8) is 0 Å². The first-order valence-electron chi connectivity index (χ1n) is 14.1. The first-order valence-corrected chi connectivity index (χ1v) is 14.5. The molecule has 1 unspecified atom stereocenters. The van der Waals surface area contributed by atoms with Crippen molar-refractivity contribution >= 4 is 46.6 Å². The largest absolute Gasteiger partial charge is 0.480 e. The third-order valence-corrected chi connectivity index (χ3v) is 8.25. The lowest BCUT2D eigenvalue weighted by molar-refractivity contribution is -0.138. The number of nitrogens with one attached hydrogen (secondary N) is 1. The van der Waals surface area contributed by atoms with Crippen LogP contribution in [0.25, 0.3) is 0 Å². The van der Waals surface area contributed by atoms with E-state index in [9.17, 15) is 14.4 Å². The highest BCUT2D eigenvalue weighted by Crippen LogP contribution is 2.32. The van der Waals surface area contributed by atoms with Crippen molar-refractivity contribution in [2.24, 2.45) is 5.92 Å². The number of carboxylic acids is 1. The van der Waals surface area contributed by atoms with E-state index in [0.717, 1.165) is 48.7 Å². The van der Waals surface area contributed by atoms with Crippen molar-refractivity contribution in [2.75, 3.05) is 43.7 Å². The Morgan fingerprint density at radius 2 is 1.64 bits per heavy atom. The molecule has 3 aromatic rings. The van der Waals surface area contributed by atoms with Crippen LogP contribution in [0.5, 0.6) is 0 Å². The molecular formula is C32H38ClN4O5+. The van der Waals surface area contributed by atoms with E-state index < -0.39 is 12.0 Å². The lowest BCUT2D eigenvalue weighted by Crippen LogP contribution is -2.53. The third-order valence-electron chi connectivity index (χ3n) is 7.93. The number of quaternary nitrogens is 1. The molecule has 0 radical (unpaired) electrons. The number of para-hydroxylation sites is 1. The summed E-state index contributed by atoms with van der Waals surface area (Å²) in [6.07, 6.45) is 2.65. The Kier molecular flexibility index (Phi) is 10.7. The first-order chi connectivity index (χ1) is 20.2. The zero-order valence-corrected chi connectivity index (χ0v) is 24.8. The predicted molar refractivity (Wildman–Crippen MR) is 165 cm³/mol. The number of rotatable bonds is 11. The molecule has 10 heteroatoms. The van der Waals surface area contributed by atoms with Crippen molar-refractivity contribution in [1.82, 2.24) is 9.38 Å². The van der Waals surface area contributed by atoms with Gasteiger partial charge in [-0.25, -0.2) is 14.1 Å². The maximum absolute atomic E-state index is 13.5. The summed E-state index contributed by atoms with van der Waals surface area (Å²) < 4.78 is 0.136. The van der Waals surface area contributed by atoms with E-state index in [-0.39, 0.29) is 16.9 Å². The molecule has 0 aromatic heterocycles. The summed E-state index contributed by atoms with van der Waals surface area (Å²) in [6.45, 7) is 4.31. The van der Waals surface area contributed by atoms with Crippen LogP contribution in [-0.4, -0.2) is 61.2 Å². The van der Waals surface area contributed by atoms with Gasteiger partial charge in [0, 0.05) is 29.8 Å². The summed E-state index contributed by atoms with van der Waals surface area (Å²) in [6, 6.07) is 23.7. The average molecular weight is 594 g/mol. The number of benzene rings is 3. The number of hydrogen-bond acceptors (Lipinski definition) is 5. The van der Waals surface area contributed by atoms with Gasteiger partial charge >= 0.3 is 17.9 Å². The number of aliphatic carboxylic acids is 1. The van der Waals surface area contributed by atoms with Crippen molar-refractivity contribution in [3.8, 4) is 0 Å². The van der Waals surface area contributed by atoms with Crippen LogP contribution in [0.3, 0.4) is 0 Å². The summed E-state index contributed by atoms with van der Waals surface area (Å²) in [7, 11) is 1.39. The molecule has 0 spiro atoms. The van der Waals surface area contributed by atoms with Gasteiger partial charge in [-0.1, -0.05) is 54.1 Å². The second kappa shape index (κ2) is 14.4. The van der Waals surface area contributed by atoms with Crippen LogP contribution in [0.2, 0.25) is 5.02 Å². The van der Waals surface area contributed by atoms with Crippen LogP contribution in [-0.2, 0) is 21.0 Å². The SMILES string of the molecule is CON(C(=O)Nc1ccc([N+](CCC2CCN(CC(=O)O)CC2)(Cc2ccccc2)C(C)=O)cc1)c1ccccc1Cl. The average Bonchev–Trinajstić information content (AvgIpc) is 2.98. The summed E-state index contributed by atoms with van der Waals surface area (Å²) in [4.78, 5) is 44.9. The van der Waals surface area contributed by atoms with Gasteiger partial charge in [-0.3, -0.25) is 14.5 Å². The molecule has 1 heterocycles. The number of hydrogen-bond donors (Lipinski definition) is 2. The van der Waals surface area contributed by atoms with Crippen molar-refractivity contribution in [1.29, 1.82) is 0 Å². The van der Waals surface area contributed by atoms with Gasteiger partial charge in [0.1, 0.15) is 12.2 Å². The second-order valence-electron chi connectivity index (χ2n) is 10.7. The lowest BCUT2D eigenvalue weighted by Gasteiger charge is -2.37. The van der Waals surface area contributed by atoms with E-state index >= 15 is 0 Å². The number of carbonyl (C=O) groups excluding carboxylic acids is 2. The maximum atomic E-state index is 13.5. The van der Waals surface area contributed by atoms with E-state index in [2.05, 4.69) is 5.32 Å². The molecule has 42 heavy (non-hydrogen) atoms. The van der Waals surface area contributed by atoms with Crippen molar-refractivity contribution < 1.29 is 24.3 Å². The minimum absolute atomic E-state index is 0.0308. The standard InChI is InChI=1S/C32H37ClN4O5/c1-24(38)37(23-26-8-4-3-5-9-26,21-18-25-16-19-35(20-17-25)22-31(39)40)28-14-12-27(13-15-28)34-32(41)36(42-2)30-11-7-6-10-29(30)33/h3-15,25H,16-23H2,1-2H3,(H-,34,39,40,41)/p+1. The van der Waals surface area contributed by atoms with Gasteiger partial charge in [0.25, 0.3) is 0 Å². The van der Waals surface area contributed by atoms with E-state index in [1.165, 1.54) is 7.11 Å². The smallest absolute Gasteiger partial charge is 0.350 e. The number of likely N-dealkylation sites (tertiary alicyclic amines) is 1. The van der Waals surface area contributed by atoms with Crippen LogP contribution >= 0.6 is 11.6 Å². The maximum Gasteiger partial charge on any atom is 0.350 e. The molecule has 2 N–H and O–H groups in total. The predicted octanol–water partition coefficient (Wildman–Crippen LogP) is 6.18. The van der Waals surface area contributed by atoms with Gasteiger partial charge in [-0.15, -0.1) is 0 Å². The van der Waals surface area contributed by atoms with Gasteiger partial charge in [0.05, 0.1) is 37.8 Å². The Hall–Kier alpha value is -3.76. The molecule has 0 bridgehead atoms. The van der Waals surface area contributed by atoms with Gasteiger partial charge in [-0.2, -0.15) is 5.06 Å². The van der Waals surface area contributed by atoms with E-state index in [1.807, 2.05) is 47.4 Å². The monoisotopic (exact) mass is 593 g/mol.